The Balaban J connectivity index is 4.05. The normalized spacial score (nSPS) is 11.5. The zero-order chi connectivity index (χ0) is 29.8. The molecule has 11 N–H and O–H groups in total. The Kier molecular flexibility index (Phi) is 19.7. The van der Waals surface area contributed by atoms with Crippen molar-refractivity contribution in [3.63, 3.8) is 0 Å². The average Bonchev–Trinajstić information content (AvgIpc) is 2.89. The Labute approximate surface area is 235 Å². The van der Waals surface area contributed by atoms with Crippen LogP contribution in [0.3, 0.4) is 0 Å². The van der Waals surface area contributed by atoms with Gasteiger partial charge in [-0.25, -0.2) is 5.43 Å². The number of amides is 5. The number of hydrogen-bond donors (Lipinski definition) is 7. The molecule has 0 rings (SSSR count). The molecular weight excluding hydrogens is 553 g/mol. The molecule has 0 saturated carbocycles. The summed E-state index contributed by atoms with van der Waals surface area (Å²) < 4.78 is 0. The van der Waals surface area contributed by atoms with E-state index in [2.05, 4.69) is 16.1 Å². The number of hydrazine groups is 1. The molecule has 0 aromatic rings. The van der Waals surface area contributed by atoms with Gasteiger partial charge in [0.25, 0.3) is 0 Å². The fourth-order valence-electron chi connectivity index (χ4n) is 2.64. The molecule has 0 aromatic carbocycles. The first-order chi connectivity index (χ1) is 18.4. The zero-order valence-corrected chi connectivity index (χ0v) is 23.6. The Hall–Kier alpha value is -2.71. The SMILES string of the molecule is BCC(=O)N(CC(N)=O)NCC(=O)CNC(=O)C(N)CSSCCC(=O)NCC(=O)CCN(CN)CC(N)=O. The first-order valence-electron chi connectivity index (χ1n) is 12.0. The van der Waals surface area contributed by atoms with Crippen molar-refractivity contribution in [3.8, 4) is 0 Å². The molecule has 0 radical (unpaired) electrons. The molecule has 19 heteroatoms. The third-order valence-corrected chi connectivity index (χ3v) is 7.19. The molecule has 0 aliphatic carbocycles. The number of primary amides is 2. The summed E-state index contributed by atoms with van der Waals surface area (Å²) in [4.78, 5) is 83.1. The van der Waals surface area contributed by atoms with E-state index in [4.69, 9.17) is 22.9 Å². The van der Waals surface area contributed by atoms with Crippen LogP contribution in [0.1, 0.15) is 12.8 Å². The number of nitrogens with one attached hydrogen (secondary N) is 3. The van der Waals surface area contributed by atoms with Crippen LogP contribution in [-0.2, 0) is 33.6 Å². The molecule has 1 atom stereocenters. The maximum atomic E-state index is 12.1. The molecule has 0 bridgehead atoms. The number of ketones is 2. The third kappa shape index (κ3) is 19.1. The summed E-state index contributed by atoms with van der Waals surface area (Å²) in [5.74, 6) is -2.57. The summed E-state index contributed by atoms with van der Waals surface area (Å²) in [7, 11) is 4.19. The van der Waals surface area contributed by atoms with E-state index in [-0.39, 0.29) is 82.5 Å². The quantitative estimate of drug-likeness (QED) is 0.0192. The van der Waals surface area contributed by atoms with Crippen molar-refractivity contribution in [1.29, 1.82) is 0 Å². The lowest BCUT2D eigenvalue weighted by atomic mass is 10.0. The second-order valence-electron chi connectivity index (χ2n) is 8.12. The van der Waals surface area contributed by atoms with E-state index in [1.807, 2.05) is 0 Å². The van der Waals surface area contributed by atoms with E-state index in [1.54, 1.807) is 7.85 Å². The fraction of sp³-hybridized carbons (Fsp3) is 0.650. The molecule has 0 aliphatic rings. The predicted molar refractivity (Wildman–Crippen MR) is 150 cm³/mol. The van der Waals surface area contributed by atoms with Crippen LogP contribution in [0.2, 0.25) is 6.32 Å². The van der Waals surface area contributed by atoms with Gasteiger partial charge in [0.2, 0.25) is 29.5 Å². The largest absolute Gasteiger partial charge is 0.369 e. The standard InChI is InChI=1S/C20H38BN9O7S2/c21-5-19(36)30(10-17(25)34)28-8-14(32)7-27-20(37)15(23)11-39-38-4-2-18(35)26-6-13(31)1-3-29(12-22)9-16(24)33/h15,28H,1-12,21-23H2,(H2,24,33)(H2,25,34)(H,26,35)(H,27,37). The van der Waals surface area contributed by atoms with Crippen molar-refractivity contribution in [3.05, 3.63) is 0 Å². The number of Topliss-reactive ketones (excluding diaryl/α,β-unsaturated/α-hetero) is 2. The Morgan fingerprint density at radius 3 is 2.08 bits per heavy atom. The number of hydrogen-bond acceptors (Lipinski definition) is 13. The molecule has 0 spiro atoms. The molecule has 0 aliphatic heterocycles. The van der Waals surface area contributed by atoms with Gasteiger partial charge in [-0.3, -0.25) is 43.5 Å². The van der Waals surface area contributed by atoms with E-state index in [0.29, 0.717) is 5.75 Å². The van der Waals surface area contributed by atoms with Gasteiger partial charge in [0.1, 0.15) is 14.4 Å². The fourth-order valence-corrected chi connectivity index (χ4v) is 4.76. The maximum Gasteiger partial charge on any atom is 0.238 e. The summed E-state index contributed by atoms with van der Waals surface area (Å²) in [6.07, 6.45) is 0.372. The molecule has 5 amide bonds. The van der Waals surface area contributed by atoms with Crippen molar-refractivity contribution in [2.45, 2.75) is 25.2 Å². The van der Waals surface area contributed by atoms with Gasteiger partial charge in [-0.15, -0.1) is 0 Å². The van der Waals surface area contributed by atoms with Crippen molar-refractivity contribution in [1.82, 2.24) is 26.0 Å². The number of carbonyl (C=O) groups excluding carboxylic acids is 7. The van der Waals surface area contributed by atoms with Crippen LogP contribution in [0.25, 0.3) is 0 Å². The number of nitrogens with zero attached hydrogens (tertiary/aromatic N) is 2. The molecule has 1 unspecified atom stereocenters. The topological polar surface area (TPSA) is 266 Å². The van der Waals surface area contributed by atoms with Gasteiger partial charge in [0, 0.05) is 37.6 Å². The van der Waals surface area contributed by atoms with Crippen molar-refractivity contribution in [2.24, 2.45) is 22.9 Å². The second-order valence-corrected chi connectivity index (χ2v) is 10.7. The molecule has 39 heavy (non-hydrogen) atoms. The van der Waals surface area contributed by atoms with Crippen molar-refractivity contribution < 1.29 is 33.6 Å². The number of carbonyl (C=O) groups is 7. The van der Waals surface area contributed by atoms with E-state index in [9.17, 15) is 33.6 Å². The van der Waals surface area contributed by atoms with Crippen LogP contribution in [-0.4, -0.2) is 122 Å². The van der Waals surface area contributed by atoms with E-state index in [1.165, 1.54) is 26.5 Å². The second kappa shape index (κ2) is 21.2. The van der Waals surface area contributed by atoms with Crippen LogP contribution in [0.4, 0.5) is 0 Å². The predicted octanol–water partition coefficient (Wildman–Crippen LogP) is -5.58. The summed E-state index contributed by atoms with van der Waals surface area (Å²) >= 11 is 0. The van der Waals surface area contributed by atoms with Gasteiger partial charge >= 0.3 is 0 Å². The molecule has 0 aromatic heterocycles. The highest BCUT2D eigenvalue weighted by Crippen LogP contribution is 2.22. The van der Waals surface area contributed by atoms with E-state index >= 15 is 0 Å². The monoisotopic (exact) mass is 591 g/mol. The van der Waals surface area contributed by atoms with Gasteiger partial charge in [0.05, 0.1) is 32.2 Å². The summed E-state index contributed by atoms with van der Waals surface area (Å²) in [6.45, 7) is -0.853. The molecule has 220 valence electrons. The average molecular weight is 592 g/mol. The Morgan fingerprint density at radius 2 is 1.49 bits per heavy atom. The highest BCUT2D eigenvalue weighted by molar-refractivity contribution is 8.76. The third-order valence-electron chi connectivity index (χ3n) is 4.75. The van der Waals surface area contributed by atoms with Gasteiger partial charge < -0.3 is 33.6 Å². The lowest BCUT2D eigenvalue weighted by molar-refractivity contribution is -0.137. The van der Waals surface area contributed by atoms with Gasteiger partial charge in [-0.05, 0) is 6.32 Å². The molecular formula is C20H38BN9O7S2. The van der Waals surface area contributed by atoms with Crippen LogP contribution >= 0.6 is 21.6 Å². The lowest BCUT2D eigenvalue weighted by Crippen LogP contribution is -2.50. The molecule has 0 fully saturated rings. The minimum Gasteiger partial charge on any atom is -0.369 e. The maximum absolute atomic E-state index is 12.1. The molecule has 0 heterocycles. The van der Waals surface area contributed by atoms with Crippen LogP contribution < -0.4 is 39.0 Å². The molecule has 0 saturated heterocycles. The zero-order valence-electron chi connectivity index (χ0n) is 21.9. The van der Waals surface area contributed by atoms with Crippen LogP contribution in [0.5, 0.6) is 0 Å². The highest BCUT2D eigenvalue weighted by Gasteiger charge is 2.17. The van der Waals surface area contributed by atoms with Gasteiger partial charge in [-0.1, -0.05) is 21.6 Å². The van der Waals surface area contributed by atoms with Crippen molar-refractivity contribution in [2.75, 3.05) is 57.4 Å². The lowest BCUT2D eigenvalue weighted by Gasteiger charge is -2.21. The summed E-state index contributed by atoms with van der Waals surface area (Å²) in [5.41, 5.74) is 24.0. The first-order valence-corrected chi connectivity index (χ1v) is 14.5. The van der Waals surface area contributed by atoms with E-state index < -0.39 is 35.5 Å². The number of nitrogens with two attached hydrogens (primary N) is 4. The first kappa shape index (κ1) is 36.3. The van der Waals surface area contributed by atoms with Gasteiger partial charge in [-0.2, -0.15) is 0 Å². The highest BCUT2D eigenvalue weighted by atomic mass is 33.1. The van der Waals surface area contributed by atoms with Crippen molar-refractivity contribution >= 4 is 70.5 Å². The smallest absolute Gasteiger partial charge is 0.238 e. The summed E-state index contributed by atoms with van der Waals surface area (Å²) in [6, 6.07) is -0.898. The summed E-state index contributed by atoms with van der Waals surface area (Å²) in [5, 5.41) is 5.88. The van der Waals surface area contributed by atoms with E-state index in [0.717, 1.165) is 5.01 Å². The number of rotatable bonds is 23. The minimum atomic E-state index is -0.898. The minimum absolute atomic E-state index is 0.0488. The Morgan fingerprint density at radius 1 is 0.846 bits per heavy atom. The van der Waals surface area contributed by atoms with Crippen LogP contribution in [0, 0.1) is 0 Å². The molecule has 16 nitrogen and oxygen atoms in total. The van der Waals surface area contributed by atoms with Crippen LogP contribution in [0.15, 0.2) is 0 Å². The Bertz CT molecular complexity index is 869. The van der Waals surface area contributed by atoms with Gasteiger partial charge in [0.15, 0.2) is 11.6 Å².